The van der Waals surface area contributed by atoms with E-state index in [9.17, 15) is 4.79 Å². The van der Waals surface area contributed by atoms with Crippen LogP contribution < -0.4 is 4.90 Å². The minimum Gasteiger partial charge on any atom is -0.357 e. The molecule has 2 aliphatic rings. The van der Waals surface area contributed by atoms with Crippen LogP contribution in [0.2, 0.25) is 0 Å². The molecule has 4 rings (SSSR count). The lowest BCUT2D eigenvalue weighted by atomic mass is 9.99. The van der Waals surface area contributed by atoms with Gasteiger partial charge in [0.2, 0.25) is 0 Å². The first kappa shape index (κ1) is 10.6. The Kier molecular flexibility index (Phi) is 2.15. The SMILES string of the molecule is O=CC1=CCN2C(=C1)CCc1[nH]c3ccccc3c12. The Bertz CT molecular complexity index is 736. The van der Waals surface area contributed by atoms with E-state index in [0.29, 0.717) is 0 Å². The number of carbonyl (C=O) groups excluding carboxylic acids is 1. The van der Waals surface area contributed by atoms with Gasteiger partial charge in [0, 0.05) is 34.4 Å². The van der Waals surface area contributed by atoms with Gasteiger partial charge in [0.25, 0.3) is 0 Å². The number of benzene rings is 1. The lowest BCUT2D eigenvalue weighted by Gasteiger charge is -2.33. The summed E-state index contributed by atoms with van der Waals surface area (Å²) < 4.78 is 0. The summed E-state index contributed by atoms with van der Waals surface area (Å²) in [6, 6.07) is 8.41. The number of nitrogens with one attached hydrogen (secondary N) is 1. The summed E-state index contributed by atoms with van der Waals surface area (Å²) >= 11 is 0. The van der Waals surface area contributed by atoms with Gasteiger partial charge in [-0.2, -0.15) is 0 Å². The summed E-state index contributed by atoms with van der Waals surface area (Å²) in [5.74, 6) is 0. The smallest absolute Gasteiger partial charge is 0.149 e. The number of nitrogens with zero attached hydrogens (tertiary/aromatic N) is 1. The number of aromatic amines is 1. The molecule has 2 aliphatic heterocycles. The summed E-state index contributed by atoms with van der Waals surface area (Å²) in [6.07, 6.45) is 6.95. The Hall–Kier alpha value is -2.29. The van der Waals surface area contributed by atoms with Gasteiger partial charge in [-0.3, -0.25) is 4.79 Å². The van der Waals surface area contributed by atoms with Crippen LogP contribution in [0.3, 0.4) is 0 Å². The van der Waals surface area contributed by atoms with Crippen LogP contribution in [0.5, 0.6) is 0 Å². The number of hydrogen-bond donors (Lipinski definition) is 1. The zero-order chi connectivity index (χ0) is 12.8. The molecule has 1 aromatic heterocycles. The molecule has 2 aromatic rings. The normalized spacial score (nSPS) is 17.6. The molecule has 0 aliphatic carbocycles. The first-order valence-corrected chi connectivity index (χ1v) is 6.60. The molecule has 0 saturated heterocycles. The standard InChI is InChI=1S/C16H14N2O/c19-10-11-7-8-18-12(9-11)5-6-15-16(18)13-3-1-2-4-14(13)17-15/h1-4,7,9-10,17H,5-6,8H2. The Morgan fingerprint density at radius 2 is 2.11 bits per heavy atom. The van der Waals surface area contributed by atoms with Crippen LogP contribution in [0.4, 0.5) is 5.69 Å². The van der Waals surface area contributed by atoms with Gasteiger partial charge in [-0.25, -0.2) is 0 Å². The highest BCUT2D eigenvalue weighted by Crippen LogP contribution is 2.40. The van der Waals surface area contributed by atoms with Gasteiger partial charge in [0.05, 0.1) is 5.69 Å². The number of aldehydes is 1. The molecule has 0 fully saturated rings. The van der Waals surface area contributed by atoms with Crippen LogP contribution in [-0.4, -0.2) is 17.8 Å². The van der Waals surface area contributed by atoms with Crippen LogP contribution in [0.1, 0.15) is 12.1 Å². The molecule has 19 heavy (non-hydrogen) atoms. The van der Waals surface area contributed by atoms with Gasteiger partial charge < -0.3 is 9.88 Å². The van der Waals surface area contributed by atoms with Gasteiger partial charge in [-0.05, 0) is 25.0 Å². The van der Waals surface area contributed by atoms with Crippen LogP contribution in [0.25, 0.3) is 10.9 Å². The molecule has 0 bridgehead atoms. The molecule has 1 N–H and O–H groups in total. The van der Waals surface area contributed by atoms with E-state index >= 15 is 0 Å². The van der Waals surface area contributed by atoms with Crippen molar-refractivity contribution >= 4 is 22.9 Å². The average Bonchev–Trinajstić information content (AvgIpc) is 2.85. The zero-order valence-corrected chi connectivity index (χ0v) is 10.5. The molecule has 0 spiro atoms. The van der Waals surface area contributed by atoms with Crippen LogP contribution in [0, 0.1) is 0 Å². The molecule has 3 heteroatoms. The van der Waals surface area contributed by atoms with Crippen LogP contribution in [0.15, 0.2) is 47.7 Å². The third-order valence-electron chi connectivity index (χ3n) is 3.98. The molecule has 0 unspecified atom stereocenters. The highest BCUT2D eigenvalue weighted by atomic mass is 16.1. The topological polar surface area (TPSA) is 36.1 Å². The summed E-state index contributed by atoms with van der Waals surface area (Å²) in [4.78, 5) is 16.7. The van der Waals surface area contributed by atoms with Crippen molar-refractivity contribution in [1.29, 1.82) is 0 Å². The minimum atomic E-state index is 0.786. The largest absolute Gasteiger partial charge is 0.357 e. The molecular weight excluding hydrogens is 236 g/mol. The lowest BCUT2D eigenvalue weighted by Crippen LogP contribution is -2.29. The molecule has 0 atom stereocenters. The maximum atomic E-state index is 10.9. The molecule has 1 aromatic carbocycles. The van der Waals surface area contributed by atoms with Crippen molar-refractivity contribution in [3.63, 3.8) is 0 Å². The molecule has 3 heterocycles. The summed E-state index contributed by atoms with van der Waals surface area (Å²) in [5.41, 5.74) is 5.84. The number of rotatable bonds is 1. The molecule has 0 amide bonds. The maximum Gasteiger partial charge on any atom is 0.149 e. The maximum absolute atomic E-state index is 10.9. The highest BCUT2D eigenvalue weighted by molar-refractivity contribution is 5.97. The summed E-state index contributed by atoms with van der Waals surface area (Å²) in [6.45, 7) is 0.786. The first-order valence-electron chi connectivity index (χ1n) is 6.60. The van der Waals surface area contributed by atoms with Crippen molar-refractivity contribution in [2.45, 2.75) is 12.8 Å². The minimum absolute atomic E-state index is 0.786. The number of fused-ring (bicyclic) bond motifs is 5. The monoisotopic (exact) mass is 250 g/mol. The first-order chi connectivity index (χ1) is 9.36. The van der Waals surface area contributed by atoms with Gasteiger partial charge in [0.15, 0.2) is 0 Å². The fraction of sp³-hybridized carbons (Fsp3) is 0.188. The average molecular weight is 250 g/mol. The van der Waals surface area contributed by atoms with Gasteiger partial charge in [0.1, 0.15) is 6.29 Å². The van der Waals surface area contributed by atoms with E-state index in [2.05, 4.69) is 34.1 Å². The number of hydrogen-bond acceptors (Lipinski definition) is 2. The number of para-hydroxylation sites is 1. The second-order valence-electron chi connectivity index (χ2n) is 5.07. The Balaban J connectivity index is 1.90. The number of allylic oxidation sites excluding steroid dienone is 3. The molecule has 3 nitrogen and oxygen atoms in total. The predicted molar refractivity (Wildman–Crippen MR) is 76.2 cm³/mol. The van der Waals surface area contributed by atoms with Gasteiger partial charge >= 0.3 is 0 Å². The Morgan fingerprint density at radius 3 is 3.00 bits per heavy atom. The third kappa shape index (κ3) is 1.48. The Morgan fingerprint density at radius 1 is 1.21 bits per heavy atom. The summed E-state index contributed by atoms with van der Waals surface area (Å²) in [7, 11) is 0. The van der Waals surface area contributed by atoms with Crippen molar-refractivity contribution in [2.75, 3.05) is 11.4 Å². The predicted octanol–water partition coefficient (Wildman–Crippen LogP) is 2.94. The quantitative estimate of drug-likeness (QED) is 0.790. The van der Waals surface area contributed by atoms with Crippen molar-refractivity contribution in [1.82, 2.24) is 4.98 Å². The van der Waals surface area contributed by atoms with Crippen molar-refractivity contribution in [3.05, 3.63) is 53.4 Å². The van der Waals surface area contributed by atoms with Crippen LogP contribution >= 0.6 is 0 Å². The lowest BCUT2D eigenvalue weighted by molar-refractivity contribution is -0.104. The number of anilines is 1. The van der Waals surface area contributed by atoms with E-state index in [1.54, 1.807) is 0 Å². The second kappa shape index (κ2) is 3.85. The Labute approximate surface area is 111 Å². The van der Waals surface area contributed by atoms with Gasteiger partial charge in [-0.15, -0.1) is 0 Å². The molecule has 0 saturated carbocycles. The number of H-pyrrole nitrogens is 1. The molecule has 0 radical (unpaired) electrons. The van der Waals surface area contributed by atoms with Crippen molar-refractivity contribution in [3.8, 4) is 0 Å². The fourth-order valence-corrected chi connectivity index (χ4v) is 3.09. The van der Waals surface area contributed by atoms with E-state index in [1.165, 1.54) is 28.0 Å². The van der Waals surface area contributed by atoms with E-state index in [0.717, 1.165) is 31.2 Å². The third-order valence-corrected chi connectivity index (χ3v) is 3.98. The van der Waals surface area contributed by atoms with Crippen molar-refractivity contribution in [2.24, 2.45) is 0 Å². The zero-order valence-electron chi connectivity index (χ0n) is 10.5. The molecular formula is C16H14N2O. The number of aromatic nitrogens is 1. The van der Waals surface area contributed by atoms with E-state index in [1.807, 2.05) is 12.2 Å². The highest BCUT2D eigenvalue weighted by Gasteiger charge is 2.26. The van der Waals surface area contributed by atoms with Crippen LogP contribution in [-0.2, 0) is 11.2 Å². The van der Waals surface area contributed by atoms with E-state index in [4.69, 9.17) is 0 Å². The summed E-state index contributed by atoms with van der Waals surface area (Å²) in [5, 5.41) is 1.27. The van der Waals surface area contributed by atoms with E-state index in [-0.39, 0.29) is 0 Å². The van der Waals surface area contributed by atoms with Gasteiger partial charge in [-0.1, -0.05) is 24.3 Å². The fourth-order valence-electron chi connectivity index (χ4n) is 3.09. The number of aryl methyl sites for hydroxylation is 1. The van der Waals surface area contributed by atoms with Crippen molar-refractivity contribution < 1.29 is 4.79 Å². The second-order valence-corrected chi connectivity index (χ2v) is 5.07. The van der Waals surface area contributed by atoms with E-state index < -0.39 is 0 Å². The number of carbonyl (C=O) groups is 1. The molecule has 94 valence electrons.